The Labute approximate surface area is 213 Å². The maximum atomic E-state index is 13.4. The molecule has 1 N–H and O–H groups in total. The molecule has 1 aromatic carbocycles. The highest BCUT2D eigenvalue weighted by Crippen LogP contribution is 2.40. The van der Waals surface area contributed by atoms with Crippen LogP contribution in [0.3, 0.4) is 0 Å². The van der Waals surface area contributed by atoms with Crippen molar-refractivity contribution in [2.75, 3.05) is 27.2 Å². The van der Waals surface area contributed by atoms with Gasteiger partial charge in [-0.05, 0) is 69.1 Å². The maximum Gasteiger partial charge on any atom is 0.295 e. The molecule has 0 aliphatic carbocycles. The molecule has 190 valence electrons. The van der Waals surface area contributed by atoms with Gasteiger partial charge in [0.1, 0.15) is 11.3 Å². The van der Waals surface area contributed by atoms with Gasteiger partial charge in [-0.2, -0.15) is 0 Å². The average Bonchev–Trinajstić information content (AvgIpc) is 3.28. The molecule has 1 saturated heterocycles. The Kier molecular flexibility index (Phi) is 6.80. The number of carbonyl (C=O) groups is 2. The molecule has 7 nitrogen and oxygen atoms in total. The number of rotatable bonds is 6. The van der Waals surface area contributed by atoms with Crippen molar-refractivity contribution in [1.29, 1.82) is 0 Å². The monoisotopic (exact) mass is 488 g/mol. The molecule has 1 atom stereocenters. The Hall–Kier alpha value is -3.45. The average molecular weight is 489 g/mol. The van der Waals surface area contributed by atoms with Crippen LogP contribution in [0.1, 0.15) is 61.3 Å². The van der Waals surface area contributed by atoms with Crippen molar-refractivity contribution in [3.05, 3.63) is 76.2 Å². The van der Waals surface area contributed by atoms with Crippen molar-refractivity contribution in [3.63, 3.8) is 0 Å². The number of nitrogens with zero attached hydrogens (tertiary/aromatic N) is 4. The number of aliphatic hydroxyl groups is 1. The Morgan fingerprint density at radius 2 is 1.75 bits per heavy atom. The summed E-state index contributed by atoms with van der Waals surface area (Å²) in [5, 5.41) is 11.5. The Morgan fingerprint density at radius 3 is 2.33 bits per heavy atom. The molecule has 0 saturated carbocycles. The van der Waals surface area contributed by atoms with Gasteiger partial charge in [0.25, 0.3) is 11.7 Å². The van der Waals surface area contributed by atoms with E-state index in [-0.39, 0.29) is 16.7 Å². The summed E-state index contributed by atoms with van der Waals surface area (Å²) >= 11 is 0. The third-order valence-corrected chi connectivity index (χ3v) is 6.95. The van der Waals surface area contributed by atoms with E-state index in [1.54, 1.807) is 4.90 Å². The van der Waals surface area contributed by atoms with Crippen LogP contribution in [0, 0.1) is 13.8 Å². The van der Waals surface area contributed by atoms with Gasteiger partial charge >= 0.3 is 0 Å². The number of imidazole rings is 1. The summed E-state index contributed by atoms with van der Waals surface area (Å²) < 4.78 is 1.89. The van der Waals surface area contributed by atoms with Gasteiger partial charge in [-0.1, -0.05) is 51.1 Å². The topological polar surface area (TPSA) is 78.2 Å². The number of hydrogen-bond donors (Lipinski definition) is 1. The highest BCUT2D eigenvalue weighted by atomic mass is 16.3. The van der Waals surface area contributed by atoms with E-state index in [2.05, 4.69) is 25.8 Å². The molecule has 36 heavy (non-hydrogen) atoms. The lowest BCUT2D eigenvalue weighted by Gasteiger charge is -2.27. The molecule has 1 unspecified atom stereocenters. The van der Waals surface area contributed by atoms with Gasteiger partial charge in [0.15, 0.2) is 5.76 Å². The summed E-state index contributed by atoms with van der Waals surface area (Å²) in [6.45, 7) is 11.4. The first-order valence-electron chi connectivity index (χ1n) is 12.4. The minimum atomic E-state index is -0.675. The lowest BCUT2D eigenvalue weighted by Crippen LogP contribution is -2.32. The molecule has 1 amide bonds. The number of hydrogen-bond acceptors (Lipinski definition) is 5. The van der Waals surface area contributed by atoms with E-state index in [0.29, 0.717) is 30.0 Å². The van der Waals surface area contributed by atoms with Gasteiger partial charge in [-0.25, -0.2) is 4.98 Å². The summed E-state index contributed by atoms with van der Waals surface area (Å²) in [6, 6.07) is 11.2. The molecule has 1 fully saturated rings. The summed E-state index contributed by atoms with van der Waals surface area (Å²) in [4.78, 5) is 34.9. The van der Waals surface area contributed by atoms with Crippen LogP contribution in [0.4, 0.5) is 0 Å². The lowest BCUT2D eigenvalue weighted by atomic mass is 9.85. The number of benzene rings is 1. The molecule has 7 heteroatoms. The van der Waals surface area contributed by atoms with Gasteiger partial charge in [0.05, 0.1) is 17.3 Å². The normalized spacial score (nSPS) is 18.1. The Balaban J connectivity index is 1.87. The zero-order valence-corrected chi connectivity index (χ0v) is 22.3. The summed E-state index contributed by atoms with van der Waals surface area (Å²) in [6.07, 6.45) is 2.59. The number of likely N-dealkylation sites (tertiary alicyclic amines) is 1. The van der Waals surface area contributed by atoms with Crippen LogP contribution < -0.4 is 0 Å². The predicted octanol–water partition coefficient (Wildman–Crippen LogP) is 4.62. The van der Waals surface area contributed by atoms with Crippen LogP contribution in [0.25, 0.3) is 11.4 Å². The number of pyridine rings is 1. The third-order valence-electron chi connectivity index (χ3n) is 6.95. The Morgan fingerprint density at radius 1 is 1.08 bits per heavy atom. The van der Waals surface area contributed by atoms with E-state index in [1.165, 1.54) is 0 Å². The minimum Gasteiger partial charge on any atom is -0.505 e. The van der Waals surface area contributed by atoms with Crippen molar-refractivity contribution >= 4 is 23.1 Å². The second-order valence-corrected chi connectivity index (χ2v) is 11.0. The number of aliphatic hydroxyl groups excluding tert-OH is 1. The molecular weight excluding hydrogens is 452 g/mol. The SMILES string of the molecule is Cc1cccn2c(C)c(C(O)=C3C(=O)C(=O)N(CCCN(C)C)C3c3ccc(C(C)(C)C)cc3)nc12. The summed E-state index contributed by atoms with van der Waals surface area (Å²) in [7, 11) is 3.95. The Bertz CT molecular complexity index is 1340. The molecule has 3 heterocycles. The zero-order valence-electron chi connectivity index (χ0n) is 22.3. The number of amides is 1. The van der Waals surface area contributed by atoms with Gasteiger partial charge in [0, 0.05) is 12.7 Å². The van der Waals surface area contributed by atoms with E-state index >= 15 is 0 Å². The van der Waals surface area contributed by atoms with E-state index in [4.69, 9.17) is 0 Å². The van der Waals surface area contributed by atoms with Crippen molar-refractivity contribution < 1.29 is 14.7 Å². The highest BCUT2D eigenvalue weighted by molar-refractivity contribution is 6.46. The summed E-state index contributed by atoms with van der Waals surface area (Å²) in [5.41, 5.74) is 4.73. The predicted molar refractivity (Wildman–Crippen MR) is 142 cm³/mol. The number of fused-ring (bicyclic) bond motifs is 1. The molecule has 1 aliphatic rings. The number of ketones is 1. The second kappa shape index (κ2) is 9.54. The number of Topliss-reactive ketones (excluding diaryl/α,β-unsaturated/α-hetero) is 1. The molecule has 1 aliphatic heterocycles. The smallest absolute Gasteiger partial charge is 0.295 e. The standard InChI is InChI=1S/C29H36N4O3/c1-18-10-8-16-32-19(2)23(30-27(18)32)25(34)22-24(20-11-13-21(14-12-20)29(3,4)5)33(28(36)26(22)35)17-9-15-31(6)7/h8,10-14,16,24,34H,9,15,17H2,1-7H3. The van der Waals surface area contributed by atoms with Gasteiger partial charge in [-0.3, -0.25) is 9.59 Å². The number of aryl methyl sites for hydroxylation is 2. The number of aromatic nitrogens is 2. The van der Waals surface area contributed by atoms with E-state index in [0.717, 1.165) is 23.2 Å². The van der Waals surface area contributed by atoms with Crippen LogP contribution in [-0.2, 0) is 15.0 Å². The molecule has 0 bridgehead atoms. The van der Waals surface area contributed by atoms with E-state index < -0.39 is 17.7 Å². The molecule has 2 aromatic heterocycles. The molecule has 0 spiro atoms. The molecular formula is C29H36N4O3. The van der Waals surface area contributed by atoms with Crippen molar-refractivity contribution in [2.45, 2.75) is 52.5 Å². The fourth-order valence-electron chi connectivity index (χ4n) is 4.85. The van der Waals surface area contributed by atoms with Gasteiger partial charge in [-0.15, -0.1) is 0 Å². The van der Waals surface area contributed by atoms with Crippen LogP contribution >= 0.6 is 0 Å². The largest absolute Gasteiger partial charge is 0.505 e. The van der Waals surface area contributed by atoms with Crippen LogP contribution in [0.5, 0.6) is 0 Å². The fourth-order valence-corrected chi connectivity index (χ4v) is 4.85. The second-order valence-electron chi connectivity index (χ2n) is 11.0. The molecule has 0 radical (unpaired) electrons. The number of carbonyl (C=O) groups excluding carboxylic acids is 2. The highest BCUT2D eigenvalue weighted by Gasteiger charge is 2.46. The maximum absolute atomic E-state index is 13.4. The third kappa shape index (κ3) is 4.55. The van der Waals surface area contributed by atoms with E-state index in [9.17, 15) is 14.7 Å². The van der Waals surface area contributed by atoms with Crippen LogP contribution in [0.2, 0.25) is 0 Å². The first kappa shape index (κ1) is 25.6. The summed E-state index contributed by atoms with van der Waals surface area (Å²) in [5.74, 6) is -1.48. The van der Waals surface area contributed by atoms with Crippen LogP contribution in [-0.4, -0.2) is 63.2 Å². The first-order chi connectivity index (χ1) is 16.9. The van der Waals surface area contributed by atoms with Crippen molar-refractivity contribution in [3.8, 4) is 0 Å². The van der Waals surface area contributed by atoms with Gasteiger partial charge < -0.3 is 19.3 Å². The van der Waals surface area contributed by atoms with Crippen LogP contribution in [0.15, 0.2) is 48.2 Å². The molecule has 4 rings (SSSR count). The van der Waals surface area contributed by atoms with E-state index in [1.807, 2.05) is 79.8 Å². The quantitative estimate of drug-likeness (QED) is 0.311. The molecule has 3 aromatic rings. The zero-order chi connectivity index (χ0) is 26.4. The van der Waals surface area contributed by atoms with Gasteiger partial charge in [0.2, 0.25) is 0 Å². The first-order valence-corrected chi connectivity index (χ1v) is 12.4. The van der Waals surface area contributed by atoms with Crippen molar-refractivity contribution in [2.24, 2.45) is 0 Å². The lowest BCUT2D eigenvalue weighted by molar-refractivity contribution is -0.139. The fraction of sp³-hybridized carbons (Fsp3) is 0.414. The minimum absolute atomic E-state index is 0.0302. The van der Waals surface area contributed by atoms with Crippen molar-refractivity contribution in [1.82, 2.24) is 19.2 Å².